The molecule has 0 bridgehead atoms. The zero-order chi connectivity index (χ0) is 11.9. The monoisotopic (exact) mass is 229 g/mol. The Labute approximate surface area is 98.7 Å². The van der Waals surface area contributed by atoms with Crippen LogP contribution in [0, 0.1) is 4.91 Å². The molecule has 0 fully saturated rings. The molecule has 0 atom stereocenters. The molecule has 0 amide bonds. The highest BCUT2D eigenvalue weighted by Gasteiger charge is 1.97. The summed E-state index contributed by atoms with van der Waals surface area (Å²) in [6, 6.07) is 16.6. The molecule has 0 saturated heterocycles. The number of ether oxygens (including phenoxy) is 1. The van der Waals surface area contributed by atoms with Gasteiger partial charge in [-0.1, -0.05) is 30.3 Å². The highest BCUT2D eigenvalue weighted by Crippen LogP contribution is 2.18. The molecule has 0 unspecified atom stereocenters. The molecular weight excluding hydrogens is 218 g/mol. The molecule has 2 aromatic rings. The number of hydrogen-bond donors (Lipinski definition) is 0. The zero-order valence-corrected chi connectivity index (χ0v) is 9.08. The molecule has 4 nitrogen and oxygen atoms in total. The highest BCUT2D eigenvalue weighted by atomic mass is 16.7. The molecule has 4 heteroatoms. The molecule has 0 aliphatic rings. The van der Waals surface area contributed by atoms with E-state index in [1.165, 1.54) is 0 Å². The first-order valence-electron chi connectivity index (χ1n) is 5.15. The molecule has 17 heavy (non-hydrogen) atoms. The summed E-state index contributed by atoms with van der Waals surface area (Å²) in [5, 5.41) is 2.34. The molecule has 0 aliphatic carbocycles. The summed E-state index contributed by atoms with van der Waals surface area (Å²) < 4.78 is 5.56. The smallest absolute Gasteiger partial charge is 0.161 e. The van der Waals surface area contributed by atoms with Crippen molar-refractivity contribution in [3.63, 3.8) is 0 Å². The lowest BCUT2D eigenvalue weighted by molar-refractivity contribution is 0.303. The Morgan fingerprint density at radius 1 is 0.882 bits per heavy atom. The molecule has 0 aromatic heterocycles. The summed E-state index contributed by atoms with van der Waals surface area (Å²) in [6.07, 6.45) is 0. The average Bonchev–Trinajstić information content (AvgIpc) is 2.40. The summed E-state index contributed by atoms with van der Waals surface area (Å²) in [5.41, 5.74) is 1.10. The van der Waals surface area contributed by atoms with Crippen LogP contribution in [0.1, 0.15) is 5.56 Å². The van der Waals surface area contributed by atoms with Gasteiger partial charge in [-0.2, -0.15) is 0 Å². The van der Waals surface area contributed by atoms with Gasteiger partial charge in [0.15, 0.2) is 11.1 Å². The Balaban J connectivity index is 1.93. The van der Waals surface area contributed by atoms with Crippen molar-refractivity contribution in [2.75, 3.05) is 0 Å². The van der Waals surface area contributed by atoms with Gasteiger partial charge in [0.1, 0.15) is 12.4 Å². The number of rotatable bonds is 5. The van der Waals surface area contributed by atoms with Crippen LogP contribution >= 0.6 is 0 Å². The van der Waals surface area contributed by atoms with Gasteiger partial charge in [-0.25, -0.2) is 0 Å². The van der Waals surface area contributed by atoms with Crippen molar-refractivity contribution in [3.8, 4) is 11.5 Å². The van der Waals surface area contributed by atoms with Crippen molar-refractivity contribution in [2.45, 2.75) is 6.61 Å². The molecule has 86 valence electrons. The van der Waals surface area contributed by atoms with E-state index in [0.29, 0.717) is 18.1 Å². The number of nitrogens with zero attached hydrogens (tertiary/aromatic N) is 1. The third kappa shape index (κ3) is 3.31. The molecule has 0 heterocycles. The zero-order valence-electron chi connectivity index (χ0n) is 9.08. The van der Waals surface area contributed by atoms with Crippen LogP contribution in [-0.4, -0.2) is 0 Å². The molecular formula is C13H11NO3. The van der Waals surface area contributed by atoms with Gasteiger partial charge < -0.3 is 9.57 Å². The van der Waals surface area contributed by atoms with E-state index in [2.05, 4.69) is 10.2 Å². The van der Waals surface area contributed by atoms with E-state index in [4.69, 9.17) is 4.74 Å². The summed E-state index contributed by atoms with van der Waals surface area (Å²) >= 11 is 0. The van der Waals surface area contributed by atoms with Crippen molar-refractivity contribution >= 4 is 0 Å². The van der Waals surface area contributed by atoms with Crippen LogP contribution in [0.4, 0.5) is 0 Å². The SMILES string of the molecule is O=NOc1ccc(OCc2ccccc2)cc1. The van der Waals surface area contributed by atoms with Crippen LogP contribution in [0.15, 0.2) is 59.9 Å². The van der Waals surface area contributed by atoms with E-state index < -0.39 is 0 Å². The summed E-state index contributed by atoms with van der Waals surface area (Å²) in [6.45, 7) is 0.507. The van der Waals surface area contributed by atoms with Crippen LogP contribution in [0.25, 0.3) is 0 Å². The predicted molar refractivity (Wildman–Crippen MR) is 63.6 cm³/mol. The lowest BCUT2D eigenvalue weighted by atomic mass is 10.2. The first-order valence-corrected chi connectivity index (χ1v) is 5.15. The van der Waals surface area contributed by atoms with Crippen molar-refractivity contribution in [1.29, 1.82) is 0 Å². The summed E-state index contributed by atoms with van der Waals surface area (Å²) in [5.74, 6) is 1.11. The molecule has 2 aromatic carbocycles. The van der Waals surface area contributed by atoms with Gasteiger partial charge in [0.2, 0.25) is 0 Å². The topological polar surface area (TPSA) is 47.9 Å². The largest absolute Gasteiger partial charge is 0.489 e. The Morgan fingerprint density at radius 3 is 2.18 bits per heavy atom. The van der Waals surface area contributed by atoms with E-state index in [1.807, 2.05) is 30.3 Å². The van der Waals surface area contributed by atoms with E-state index >= 15 is 0 Å². The third-order valence-corrected chi connectivity index (χ3v) is 2.21. The maximum Gasteiger partial charge on any atom is 0.161 e. The van der Waals surface area contributed by atoms with Gasteiger partial charge in [-0.15, -0.1) is 4.91 Å². The standard InChI is InChI=1S/C13H11NO3/c15-14-17-13-8-6-12(7-9-13)16-10-11-4-2-1-3-5-11/h1-9H,10H2. The summed E-state index contributed by atoms with van der Waals surface area (Å²) in [4.78, 5) is 14.3. The predicted octanol–water partition coefficient (Wildman–Crippen LogP) is 3.33. The van der Waals surface area contributed by atoms with Crippen LogP contribution < -0.4 is 9.57 Å². The molecule has 0 N–H and O–H groups in total. The van der Waals surface area contributed by atoms with Crippen LogP contribution in [0.2, 0.25) is 0 Å². The van der Waals surface area contributed by atoms with E-state index in [9.17, 15) is 4.91 Å². The van der Waals surface area contributed by atoms with Gasteiger partial charge in [0, 0.05) is 0 Å². The molecule has 0 spiro atoms. The fraction of sp³-hybridized carbons (Fsp3) is 0.0769. The minimum Gasteiger partial charge on any atom is -0.489 e. The van der Waals surface area contributed by atoms with Gasteiger partial charge in [0.25, 0.3) is 0 Å². The first-order chi connectivity index (χ1) is 8.38. The molecule has 0 radical (unpaired) electrons. The molecule has 2 rings (SSSR count). The maximum absolute atomic E-state index is 9.87. The lowest BCUT2D eigenvalue weighted by Gasteiger charge is -2.06. The summed E-state index contributed by atoms with van der Waals surface area (Å²) in [7, 11) is 0. The fourth-order valence-corrected chi connectivity index (χ4v) is 1.38. The maximum atomic E-state index is 9.87. The second kappa shape index (κ2) is 5.65. The Hall–Kier alpha value is -2.36. The van der Waals surface area contributed by atoms with E-state index in [-0.39, 0.29) is 0 Å². The molecule has 0 saturated carbocycles. The fourth-order valence-electron chi connectivity index (χ4n) is 1.38. The quantitative estimate of drug-likeness (QED) is 0.583. The van der Waals surface area contributed by atoms with Crippen molar-refractivity contribution in [1.82, 2.24) is 0 Å². The Bertz CT molecular complexity index is 468. The third-order valence-electron chi connectivity index (χ3n) is 2.21. The highest BCUT2D eigenvalue weighted by molar-refractivity contribution is 5.31. The number of hydrogen-bond acceptors (Lipinski definition) is 4. The normalized spacial score (nSPS) is 9.65. The number of benzene rings is 2. The van der Waals surface area contributed by atoms with E-state index in [1.54, 1.807) is 24.3 Å². The van der Waals surface area contributed by atoms with Crippen LogP contribution in [-0.2, 0) is 6.61 Å². The first kappa shape index (κ1) is 11.1. The van der Waals surface area contributed by atoms with Crippen LogP contribution in [0.3, 0.4) is 0 Å². The Morgan fingerprint density at radius 2 is 1.53 bits per heavy atom. The van der Waals surface area contributed by atoms with Crippen LogP contribution in [0.5, 0.6) is 11.5 Å². The van der Waals surface area contributed by atoms with Crippen molar-refractivity contribution in [3.05, 3.63) is 65.1 Å². The van der Waals surface area contributed by atoms with Crippen molar-refractivity contribution < 1.29 is 9.57 Å². The minimum absolute atomic E-state index is 0.395. The van der Waals surface area contributed by atoms with Gasteiger partial charge >= 0.3 is 0 Å². The lowest BCUT2D eigenvalue weighted by Crippen LogP contribution is -1.94. The minimum atomic E-state index is 0.395. The van der Waals surface area contributed by atoms with Crippen molar-refractivity contribution in [2.24, 2.45) is 5.34 Å². The van der Waals surface area contributed by atoms with E-state index in [0.717, 1.165) is 5.56 Å². The second-order valence-corrected chi connectivity index (χ2v) is 3.41. The average molecular weight is 229 g/mol. The molecule has 0 aliphatic heterocycles. The van der Waals surface area contributed by atoms with Gasteiger partial charge in [-0.05, 0) is 29.8 Å². The Kier molecular flexibility index (Phi) is 3.70. The second-order valence-electron chi connectivity index (χ2n) is 3.41. The van der Waals surface area contributed by atoms with Gasteiger partial charge in [-0.3, -0.25) is 0 Å². The van der Waals surface area contributed by atoms with Gasteiger partial charge in [0.05, 0.1) is 0 Å².